The molecular weight excluding hydrogens is 881 g/mol. The predicted molar refractivity (Wildman–Crippen MR) is 235 cm³/mol. The molecule has 0 unspecified atom stereocenters. The SMILES string of the molecule is CC(C)(C)[C@H](c1cc(-c2cc(F)ccc2F)cn1Cc1ccccc1)N(CC[C@H](NC(=O)[C@@H](N)CC(N)=O)C(=O)NCCNC(=O)[C@@H](CCC(=O)O)NC(=O)CN1C(=O)C=CC1=O)C(=O)CO. The summed E-state index contributed by atoms with van der Waals surface area (Å²) in [5, 5.41) is 29.3. The number of hydrogen-bond donors (Lipinski definition) is 8. The summed E-state index contributed by atoms with van der Waals surface area (Å²) in [5.74, 6) is -9.46. The monoisotopic (exact) mass is 935 g/mol. The molecule has 0 saturated heterocycles. The number of imide groups is 1. The van der Waals surface area contributed by atoms with Crippen molar-refractivity contribution in [2.45, 2.75) is 77.2 Å². The summed E-state index contributed by atoms with van der Waals surface area (Å²) in [7, 11) is 0. The van der Waals surface area contributed by atoms with Crippen molar-refractivity contribution >= 4 is 53.2 Å². The second kappa shape index (κ2) is 23.7. The van der Waals surface area contributed by atoms with E-state index in [1.165, 1.54) is 4.90 Å². The van der Waals surface area contributed by atoms with E-state index in [1.54, 1.807) is 16.8 Å². The molecule has 1 aromatic heterocycles. The number of aliphatic hydroxyl groups is 1. The summed E-state index contributed by atoms with van der Waals surface area (Å²) in [5.41, 5.74) is 11.8. The van der Waals surface area contributed by atoms with Crippen LogP contribution in [0.2, 0.25) is 0 Å². The molecule has 8 amide bonds. The van der Waals surface area contributed by atoms with Crippen molar-refractivity contribution < 1.29 is 62.1 Å². The Labute approximate surface area is 384 Å². The van der Waals surface area contributed by atoms with Crippen molar-refractivity contribution in [2.24, 2.45) is 16.9 Å². The van der Waals surface area contributed by atoms with Crippen molar-refractivity contribution in [1.82, 2.24) is 35.6 Å². The lowest BCUT2D eigenvalue weighted by atomic mass is 9.82. The number of halogens is 2. The fourth-order valence-corrected chi connectivity index (χ4v) is 7.35. The standard InChI is InChI=1S/C45H55F2N9O11/c1-45(2,3)41(34-19-27(29-20-28(46)9-10-30(29)47)23-54(34)22-26-7-5-4-6-8-26)55(39(62)25-57)18-15-33(53-42(65)31(48)21-35(49)58)44(67)51-17-16-50-43(66)32(11-14-40(63)64)52-36(59)24-56-37(60)12-13-38(56)61/h4-10,12-13,19-20,23,31-33,41,57H,11,14-18,21-22,24-25,48H2,1-3H3,(H2,49,58)(H,50,66)(H,51,67)(H,52,59)(H,53,65)(H,63,64)/t31-,32+,33-,41-/m0/s1. The number of rotatable bonds is 24. The number of aliphatic carboxylic acids is 1. The minimum absolute atomic E-state index is 0.0464. The number of primary amides is 1. The molecule has 4 rings (SSSR count). The third-order valence-corrected chi connectivity index (χ3v) is 10.5. The molecule has 10 N–H and O–H groups in total. The van der Waals surface area contributed by atoms with Crippen LogP contribution in [-0.4, -0.2) is 129 Å². The van der Waals surface area contributed by atoms with Crippen LogP contribution in [-0.2, 0) is 49.7 Å². The molecule has 4 atom stereocenters. The van der Waals surface area contributed by atoms with Crippen LogP contribution < -0.4 is 32.7 Å². The van der Waals surface area contributed by atoms with Gasteiger partial charge in [-0.3, -0.25) is 48.1 Å². The van der Waals surface area contributed by atoms with Gasteiger partial charge in [-0.15, -0.1) is 0 Å². The molecule has 0 saturated carbocycles. The molecule has 3 aromatic rings. The molecule has 1 aliphatic rings. The Balaban J connectivity index is 1.59. The minimum Gasteiger partial charge on any atom is -0.481 e. The number of carbonyl (C=O) groups excluding carboxylic acids is 8. The first-order chi connectivity index (χ1) is 31.6. The molecular formula is C45H55F2N9O11. The van der Waals surface area contributed by atoms with Gasteiger partial charge in [0.1, 0.15) is 36.9 Å². The van der Waals surface area contributed by atoms with E-state index in [9.17, 15) is 57.8 Å². The van der Waals surface area contributed by atoms with Gasteiger partial charge >= 0.3 is 5.97 Å². The molecule has 0 spiro atoms. The Kier molecular flexibility index (Phi) is 18.5. The van der Waals surface area contributed by atoms with Gasteiger partial charge in [0, 0.05) is 67.8 Å². The molecule has 0 aliphatic carbocycles. The minimum atomic E-state index is -1.48. The van der Waals surface area contributed by atoms with Gasteiger partial charge in [0.2, 0.25) is 35.4 Å². The Morgan fingerprint density at radius 1 is 0.836 bits per heavy atom. The van der Waals surface area contributed by atoms with Gasteiger partial charge < -0.3 is 52.4 Å². The molecule has 20 nitrogen and oxygen atoms in total. The summed E-state index contributed by atoms with van der Waals surface area (Å²) in [6.07, 6.45) is 1.71. The lowest BCUT2D eigenvalue weighted by Gasteiger charge is -2.41. The zero-order valence-electron chi connectivity index (χ0n) is 37.1. The highest BCUT2D eigenvalue weighted by molar-refractivity contribution is 6.14. The number of nitrogens with two attached hydrogens (primary N) is 2. The number of carbonyl (C=O) groups is 9. The van der Waals surface area contributed by atoms with E-state index < -0.39 is 120 Å². The summed E-state index contributed by atoms with van der Waals surface area (Å²) in [6, 6.07) is 8.50. The number of aliphatic hydroxyl groups excluding tert-OH is 1. The third-order valence-electron chi connectivity index (χ3n) is 10.5. The topological polar surface area (TPSA) is 306 Å². The van der Waals surface area contributed by atoms with E-state index >= 15 is 4.39 Å². The van der Waals surface area contributed by atoms with Gasteiger partial charge in [-0.2, -0.15) is 0 Å². The first-order valence-corrected chi connectivity index (χ1v) is 21.1. The average molecular weight is 936 g/mol. The number of carboxylic acid groups (broad SMARTS) is 1. The lowest BCUT2D eigenvalue weighted by molar-refractivity contribution is -0.141. The van der Waals surface area contributed by atoms with Crippen LogP contribution in [0.5, 0.6) is 0 Å². The van der Waals surface area contributed by atoms with Crippen molar-refractivity contribution in [1.29, 1.82) is 0 Å². The fourth-order valence-electron chi connectivity index (χ4n) is 7.35. The van der Waals surface area contributed by atoms with Crippen LogP contribution in [0.15, 0.2) is 72.9 Å². The Bertz CT molecular complexity index is 2350. The number of amides is 8. The highest BCUT2D eigenvalue weighted by Crippen LogP contribution is 2.41. The average Bonchev–Trinajstić information content (AvgIpc) is 3.81. The molecule has 0 fully saturated rings. The van der Waals surface area contributed by atoms with Crippen molar-refractivity contribution in [2.75, 3.05) is 32.8 Å². The maximum atomic E-state index is 15.2. The van der Waals surface area contributed by atoms with Crippen LogP contribution >= 0.6 is 0 Å². The van der Waals surface area contributed by atoms with Crippen LogP contribution in [0.1, 0.15) is 63.8 Å². The van der Waals surface area contributed by atoms with E-state index in [-0.39, 0.29) is 50.1 Å². The number of nitrogens with one attached hydrogen (secondary N) is 4. The van der Waals surface area contributed by atoms with Gasteiger partial charge in [-0.1, -0.05) is 51.1 Å². The Morgan fingerprint density at radius 2 is 1.45 bits per heavy atom. The second-order valence-electron chi connectivity index (χ2n) is 16.8. The molecule has 67 heavy (non-hydrogen) atoms. The second-order valence-corrected chi connectivity index (χ2v) is 16.8. The summed E-state index contributed by atoms with van der Waals surface area (Å²) in [6.45, 7) is 3.03. The zero-order chi connectivity index (χ0) is 49.6. The van der Waals surface area contributed by atoms with Crippen LogP contribution in [0, 0.1) is 17.0 Å². The van der Waals surface area contributed by atoms with E-state index in [0.717, 1.165) is 35.9 Å². The molecule has 2 heterocycles. The van der Waals surface area contributed by atoms with E-state index in [2.05, 4.69) is 21.3 Å². The Hall–Kier alpha value is -7.33. The third kappa shape index (κ3) is 15.1. The highest BCUT2D eigenvalue weighted by atomic mass is 19.1. The molecule has 2 aromatic carbocycles. The van der Waals surface area contributed by atoms with Gasteiger partial charge in [-0.25, -0.2) is 8.78 Å². The van der Waals surface area contributed by atoms with Crippen molar-refractivity contribution in [3.63, 3.8) is 0 Å². The first-order valence-electron chi connectivity index (χ1n) is 21.1. The molecule has 1 aliphatic heterocycles. The molecule has 0 radical (unpaired) electrons. The summed E-state index contributed by atoms with van der Waals surface area (Å²) in [4.78, 5) is 115. The maximum absolute atomic E-state index is 15.2. The normalized spacial score (nSPS) is 14.2. The number of hydrogen-bond acceptors (Lipinski definition) is 11. The maximum Gasteiger partial charge on any atom is 0.303 e. The van der Waals surface area contributed by atoms with Crippen LogP contribution in [0.4, 0.5) is 8.78 Å². The van der Waals surface area contributed by atoms with Gasteiger partial charge in [0.25, 0.3) is 11.8 Å². The quantitative estimate of drug-likeness (QED) is 0.0434. The number of benzene rings is 2. The predicted octanol–water partition coefficient (Wildman–Crippen LogP) is -0.0257. The smallest absolute Gasteiger partial charge is 0.303 e. The zero-order valence-corrected chi connectivity index (χ0v) is 37.1. The lowest BCUT2D eigenvalue weighted by Crippen LogP contribution is -2.55. The van der Waals surface area contributed by atoms with Gasteiger partial charge in [-0.05, 0) is 48.1 Å². The highest BCUT2D eigenvalue weighted by Gasteiger charge is 2.38. The number of nitrogens with zero attached hydrogens (tertiary/aromatic N) is 3. The summed E-state index contributed by atoms with van der Waals surface area (Å²) >= 11 is 0. The largest absolute Gasteiger partial charge is 0.481 e. The van der Waals surface area contributed by atoms with Crippen molar-refractivity contribution in [3.05, 3.63) is 95.8 Å². The fraction of sp³-hybridized carbons (Fsp3) is 0.400. The van der Waals surface area contributed by atoms with Crippen LogP contribution in [0.25, 0.3) is 11.1 Å². The van der Waals surface area contributed by atoms with E-state index in [4.69, 9.17) is 11.5 Å². The molecule has 360 valence electrons. The van der Waals surface area contributed by atoms with Gasteiger partial charge in [0.05, 0.1) is 18.5 Å². The number of aromatic nitrogens is 1. The molecule has 22 heteroatoms. The molecule has 0 bridgehead atoms. The Morgan fingerprint density at radius 3 is 2.01 bits per heavy atom. The number of carboxylic acids is 1. The van der Waals surface area contributed by atoms with Crippen molar-refractivity contribution in [3.8, 4) is 11.1 Å². The first kappa shape index (κ1) is 52.3. The van der Waals surface area contributed by atoms with E-state index in [0.29, 0.717) is 10.6 Å². The van der Waals surface area contributed by atoms with E-state index in [1.807, 2.05) is 51.1 Å². The van der Waals surface area contributed by atoms with Crippen LogP contribution in [0.3, 0.4) is 0 Å². The summed E-state index contributed by atoms with van der Waals surface area (Å²) < 4.78 is 31.5. The van der Waals surface area contributed by atoms with Gasteiger partial charge in [0.15, 0.2) is 0 Å².